The molecular formula is C23H27N10O5S2+. The van der Waals surface area contributed by atoms with Gasteiger partial charge in [-0.25, -0.2) is 9.36 Å². The van der Waals surface area contributed by atoms with E-state index in [1.807, 2.05) is 13.8 Å². The van der Waals surface area contributed by atoms with Crippen molar-refractivity contribution in [3.8, 4) is 0 Å². The van der Waals surface area contributed by atoms with Crippen LogP contribution in [0.5, 0.6) is 0 Å². The SMILES string of the molecule is CCC(CC)O/N=C(\C(=O)N[C@@H]1C(=O)N2C(C(=O)O)=C(C[n+]3cc(N)n4ncccc43)CS[C@H]12)c1nsc(N)n1. The number of carbonyl (C=O) groups excluding carboxylic acids is 2. The number of carboxylic acids is 1. The van der Waals surface area contributed by atoms with Gasteiger partial charge in [0.2, 0.25) is 11.5 Å². The predicted molar refractivity (Wildman–Crippen MR) is 146 cm³/mol. The van der Waals surface area contributed by atoms with E-state index in [1.165, 1.54) is 21.2 Å². The number of aromatic nitrogens is 5. The standard InChI is InChI=1S/C23H26N10O5S2/c1-3-12(4-2)38-29-15(18-28-23(25)40-30-18)19(34)27-16-20(35)32-17(22(36)37)11(10-39-21(16)32)8-31-9-13(24)33-14(31)6-5-7-26-33/h5-7,9,12,16,21H,3-4,8,10H2,1-2H3,(H5-,24,25,26,27,28,30,34,36,37)/p+1/b29-15-/t16-,21-/m1/s1. The van der Waals surface area contributed by atoms with Gasteiger partial charge in [-0.05, 0) is 18.9 Å². The van der Waals surface area contributed by atoms with Gasteiger partial charge < -0.3 is 26.7 Å². The third-order valence-electron chi connectivity index (χ3n) is 6.53. The Balaban J connectivity index is 1.37. The average molecular weight is 588 g/mol. The molecular weight excluding hydrogens is 560 g/mol. The van der Waals surface area contributed by atoms with Gasteiger partial charge in [0.05, 0.1) is 6.20 Å². The summed E-state index contributed by atoms with van der Waals surface area (Å²) < 4.78 is 7.37. The van der Waals surface area contributed by atoms with E-state index in [0.717, 1.165) is 11.5 Å². The molecule has 0 aliphatic carbocycles. The van der Waals surface area contributed by atoms with Gasteiger partial charge in [-0.2, -0.15) is 9.36 Å². The van der Waals surface area contributed by atoms with Crippen molar-refractivity contribution < 1.29 is 28.9 Å². The zero-order valence-electron chi connectivity index (χ0n) is 21.6. The fraction of sp³-hybridized carbons (Fsp3) is 0.391. The van der Waals surface area contributed by atoms with Crippen LogP contribution in [0.25, 0.3) is 5.65 Å². The molecule has 0 unspecified atom stereocenters. The second-order valence-electron chi connectivity index (χ2n) is 9.03. The first-order valence-corrected chi connectivity index (χ1v) is 14.2. The van der Waals surface area contributed by atoms with Crippen LogP contribution in [-0.4, -0.2) is 75.7 Å². The van der Waals surface area contributed by atoms with E-state index in [1.54, 1.807) is 29.1 Å². The first-order chi connectivity index (χ1) is 19.2. The van der Waals surface area contributed by atoms with Gasteiger partial charge in [-0.1, -0.05) is 28.6 Å². The minimum atomic E-state index is -1.24. The lowest BCUT2D eigenvalue weighted by molar-refractivity contribution is -0.662. The molecule has 0 spiro atoms. The maximum Gasteiger partial charge on any atom is 0.352 e. The maximum atomic E-state index is 13.2. The number of carboxylic acid groups (broad SMARTS) is 1. The molecule has 0 aromatic carbocycles. The molecule has 0 radical (unpaired) electrons. The summed E-state index contributed by atoms with van der Waals surface area (Å²) in [5.74, 6) is -1.84. The molecule has 6 N–H and O–H groups in total. The van der Waals surface area contributed by atoms with Gasteiger partial charge in [-0.3, -0.25) is 14.5 Å². The van der Waals surface area contributed by atoms with Crippen LogP contribution in [-0.2, 0) is 25.8 Å². The summed E-state index contributed by atoms with van der Waals surface area (Å²) in [6.07, 6.45) is 4.37. The highest BCUT2D eigenvalue weighted by molar-refractivity contribution is 8.00. The Bertz CT molecular complexity index is 1550. The number of thioether (sulfide) groups is 1. The van der Waals surface area contributed by atoms with E-state index < -0.39 is 29.2 Å². The molecule has 17 heteroatoms. The number of rotatable bonds is 10. The van der Waals surface area contributed by atoms with Crippen molar-refractivity contribution in [3.05, 3.63) is 41.6 Å². The third kappa shape index (κ3) is 4.92. The molecule has 1 fully saturated rings. The van der Waals surface area contributed by atoms with Crippen LogP contribution in [0.15, 0.2) is 41.0 Å². The van der Waals surface area contributed by atoms with Crippen molar-refractivity contribution in [2.24, 2.45) is 5.16 Å². The van der Waals surface area contributed by atoms with Crippen molar-refractivity contribution in [2.45, 2.75) is 50.8 Å². The number of amides is 2. The van der Waals surface area contributed by atoms with Crippen LogP contribution in [0.3, 0.4) is 0 Å². The molecule has 3 aromatic rings. The van der Waals surface area contributed by atoms with Crippen molar-refractivity contribution >= 4 is 63.4 Å². The summed E-state index contributed by atoms with van der Waals surface area (Å²) in [6, 6.07) is 2.57. The Morgan fingerprint density at radius 3 is 2.80 bits per heavy atom. The topological polar surface area (TPSA) is 207 Å². The van der Waals surface area contributed by atoms with Gasteiger partial charge in [-0.15, -0.1) is 11.8 Å². The van der Waals surface area contributed by atoms with E-state index >= 15 is 0 Å². The first kappa shape index (κ1) is 27.3. The first-order valence-electron chi connectivity index (χ1n) is 12.4. The molecule has 2 aliphatic rings. The number of aliphatic carboxylic acids is 1. The van der Waals surface area contributed by atoms with Gasteiger partial charge in [0.25, 0.3) is 17.6 Å². The average Bonchev–Trinajstić information content (AvgIpc) is 3.51. The minimum absolute atomic E-state index is 0.0233. The van der Waals surface area contributed by atoms with Crippen molar-refractivity contribution in [3.63, 3.8) is 0 Å². The largest absolute Gasteiger partial charge is 0.477 e. The number of anilines is 2. The minimum Gasteiger partial charge on any atom is -0.477 e. The molecule has 40 heavy (non-hydrogen) atoms. The Morgan fingerprint density at radius 2 is 2.12 bits per heavy atom. The summed E-state index contributed by atoms with van der Waals surface area (Å²) in [4.78, 5) is 49.5. The molecule has 0 saturated carbocycles. The molecule has 15 nitrogen and oxygen atoms in total. The van der Waals surface area contributed by atoms with Crippen LogP contribution in [0.1, 0.15) is 32.5 Å². The number of imidazole rings is 1. The summed E-state index contributed by atoms with van der Waals surface area (Å²) in [5, 5.41) is 20.4. The number of hydrogen-bond acceptors (Lipinski definition) is 12. The molecule has 0 bridgehead atoms. The second-order valence-corrected chi connectivity index (χ2v) is 10.9. The van der Waals surface area contributed by atoms with E-state index in [4.69, 9.17) is 16.3 Å². The van der Waals surface area contributed by atoms with Crippen LogP contribution in [0.2, 0.25) is 0 Å². The van der Waals surface area contributed by atoms with E-state index in [9.17, 15) is 19.5 Å². The lowest BCUT2D eigenvalue weighted by atomic mass is 10.0. The molecule has 1 saturated heterocycles. The van der Waals surface area contributed by atoms with Gasteiger partial charge in [0.1, 0.15) is 29.8 Å². The van der Waals surface area contributed by atoms with Crippen molar-refractivity contribution in [2.75, 3.05) is 17.2 Å². The smallest absolute Gasteiger partial charge is 0.352 e. The highest BCUT2D eigenvalue weighted by Crippen LogP contribution is 2.40. The van der Waals surface area contributed by atoms with Crippen molar-refractivity contribution in [1.82, 2.24) is 29.2 Å². The lowest BCUT2D eigenvalue weighted by Crippen LogP contribution is -2.71. The zero-order chi connectivity index (χ0) is 28.6. The van der Waals surface area contributed by atoms with Gasteiger partial charge in [0, 0.05) is 28.9 Å². The lowest BCUT2D eigenvalue weighted by Gasteiger charge is -2.49. The number of nitrogen functional groups attached to an aromatic ring is 2. The highest BCUT2D eigenvalue weighted by atomic mass is 32.2. The molecule has 2 amide bonds. The summed E-state index contributed by atoms with van der Waals surface area (Å²) in [7, 11) is 0. The van der Waals surface area contributed by atoms with Gasteiger partial charge in [0.15, 0.2) is 11.3 Å². The monoisotopic (exact) mass is 587 g/mol. The number of carbonyl (C=O) groups is 3. The molecule has 2 aliphatic heterocycles. The number of hydrogen-bond donors (Lipinski definition) is 4. The Hall–Kier alpha value is -4.25. The maximum absolute atomic E-state index is 13.2. The number of nitrogens with one attached hydrogen (secondary N) is 1. The molecule has 5 rings (SSSR count). The number of fused-ring (bicyclic) bond motifs is 2. The summed E-state index contributed by atoms with van der Waals surface area (Å²) in [5.41, 5.74) is 12.6. The number of β-lactam (4-membered cyclic amide) rings is 1. The number of oxime groups is 1. The molecule has 2 atom stereocenters. The summed E-state index contributed by atoms with van der Waals surface area (Å²) >= 11 is 2.24. The number of nitrogens with two attached hydrogens (primary N) is 2. The van der Waals surface area contributed by atoms with Gasteiger partial charge >= 0.3 is 11.6 Å². The van der Waals surface area contributed by atoms with Crippen LogP contribution >= 0.6 is 23.3 Å². The quantitative estimate of drug-likeness (QED) is 0.107. The molecule has 5 heterocycles. The molecule has 3 aromatic heterocycles. The second kappa shape index (κ2) is 11.1. The predicted octanol–water partition coefficient (Wildman–Crippen LogP) is -0.0142. The summed E-state index contributed by atoms with van der Waals surface area (Å²) in [6.45, 7) is 4.04. The van der Waals surface area contributed by atoms with Crippen LogP contribution in [0.4, 0.5) is 10.9 Å². The number of nitrogens with zero attached hydrogens (tertiary/aromatic N) is 7. The van der Waals surface area contributed by atoms with Crippen LogP contribution < -0.4 is 21.4 Å². The zero-order valence-corrected chi connectivity index (χ0v) is 23.2. The molecule has 210 valence electrons. The Kier molecular flexibility index (Phi) is 7.57. The van der Waals surface area contributed by atoms with E-state index in [2.05, 4.69) is 24.9 Å². The fourth-order valence-corrected chi connectivity index (χ4v) is 6.26. The normalized spacial score (nSPS) is 19.1. The Morgan fingerprint density at radius 1 is 1.35 bits per heavy atom. The van der Waals surface area contributed by atoms with Crippen LogP contribution in [0, 0.1) is 0 Å². The van der Waals surface area contributed by atoms with E-state index in [0.29, 0.717) is 35.6 Å². The third-order valence-corrected chi connectivity index (χ3v) is 8.41. The fourth-order valence-electron chi connectivity index (χ4n) is 4.49. The van der Waals surface area contributed by atoms with Crippen molar-refractivity contribution in [1.29, 1.82) is 0 Å². The van der Waals surface area contributed by atoms with E-state index in [-0.39, 0.29) is 35.0 Å². The highest BCUT2D eigenvalue weighted by Gasteiger charge is 2.54. The Labute approximate surface area is 236 Å².